The van der Waals surface area contributed by atoms with Crippen molar-refractivity contribution in [1.29, 1.82) is 0 Å². The monoisotopic (exact) mass is 460 g/mol. The van der Waals surface area contributed by atoms with Gasteiger partial charge in [-0.1, -0.05) is 26.0 Å². The standard InChI is InChI=1S/C19H32N4O.HI/c1-5-21-19(22-12-7-8-15(2)3)23-13-11-16-9-6-10-17(14-16)18(24)20-4;/h6,9-10,14-15H,5,7-8,11-13H2,1-4H3,(H,20,24)(H2,21,22,23);1H. The van der Waals surface area contributed by atoms with E-state index in [0.717, 1.165) is 49.9 Å². The van der Waals surface area contributed by atoms with Gasteiger partial charge in [0.15, 0.2) is 5.96 Å². The molecule has 1 rings (SSSR count). The fourth-order valence-corrected chi connectivity index (χ4v) is 2.37. The second-order valence-corrected chi connectivity index (χ2v) is 6.25. The lowest BCUT2D eigenvalue weighted by molar-refractivity contribution is 0.0963. The number of hydrogen-bond acceptors (Lipinski definition) is 2. The molecule has 1 aromatic rings. The van der Waals surface area contributed by atoms with Crippen LogP contribution in [0.3, 0.4) is 0 Å². The molecule has 1 aromatic carbocycles. The summed E-state index contributed by atoms with van der Waals surface area (Å²) in [7, 11) is 1.65. The highest BCUT2D eigenvalue weighted by Crippen LogP contribution is 2.06. The maximum absolute atomic E-state index is 11.7. The lowest BCUT2D eigenvalue weighted by Crippen LogP contribution is -2.38. The summed E-state index contributed by atoms with van der Waals surface area (Å²) in [6, 6.07) is 7.73. The summed E-state index contributed by atoms with van der Waals surface area (Å²) in [4.78, 5) is 16.3. The summed E-state index contributed by atoms with van der Waals surface area (Å²) >= 11 is 0. The largest absolute Gasteiger partial charge is 0.357 e. The molecule has 0 radical (unpaired) electrons. The molecular formula is C19H33IN4O. The summed E-state index contributed by atoms with van der Waals surface area (Å²) in [6.07, 6.45) is 3.17. The minimum Gasteiger partial charge on any atom is -0.357 e. The molecule has 0 fully saturated rings. The molecule has 25 heavy (non-hydrogen) atoms. The van der Waals surface area contributed by atoms with Crippen LogP contribution in [0.25, 0.3) is 0 Å². The van der Waals surface area contributed by atoms with Gasteiger partial charge in [-0.05, 0) is 49.8 Å². The number of hydrogen-bond donors (Lipinski definition) is 3. The normalized spacial score (nSPS) is 11.0. The number of benzene rings is 1. The van der Waals surface area contributed by atoms with Crippen LogP contribution in [-0.4, -0.2) is 38.5 Å². The molecule has 0 aliphatic heterocycles. The first-order valence-electron chi connectivity index (χ1n) is 8.90. The second kappa shape index (κ2) is 13.9. The van der Waals surface area contributed by atoms with Crippen molar-refractivity contribution in [1.82, 2.24) is 16.0 Å². The number of amides is 1. The maximum atomic E-state index is 11.7. The van der Waals surface area contributed by atoms with Crippen molar-refractivity contribution in [2.75, 3.05) is 26.7 Å². The molecule has 0 unspecified atom stereocenters. The summed E-state index contributed by atoms with van der Waals surface area (Å²) in [5.74, 6) is 1.54. The van der Waals surface area contributed by atoms with E-state index in [4.69, 9.17) is 0 Å². The van der Waals surface area contributed by atoms with Gasteiger partial charge in [0.25, 0.3) is 5.91 Å². The Bertz CT molecular complexity index is 532. The number of carbonyl (C=O) groups is 1. The molecule has 0 spiro atoms. The lowest BCUT2D eigenvalue weighted by Gasteiger charge is -2.12. The van der Waals surface area contributed by atoms with Crippen molar-refractivity contribution in [3.05, 3.63) is 35.4 Å². The molecule has 5 nitrogen and oxygen atoms in total. The number of nitrogens with zero attached hydrogens (tertiary/aromatic N) is 1. The van der Waals surface area contributed by atoms with Crippen molar-refractivity contribution in [3.8, 4) is 0 Å². The molecule has 142 valence electrons. The Morgan fingerprint density at radius 3 is 2.64 bits per heavy atom. The minimum atomic E-state index is -0.0511. The zero-order valence-corrected chi connectivity index (χ0v) is 18.2. The molecule has 6 heteroatoms. The predicted molar refractivity (Wildman–Crippen MR) is 117 cm³/mol. The third-order valence-electron chi connectivity index (χ3n) is 3.68. The van der Waals surface area contributed by atoms with E-state index in [1.165, 1.54) is 6.42 Å². The van der Waals surface area contributed by atoms with E-state index in [0.29, 0.717) is 5.56 Å². The summed E-state index contributed by atoms with van der Waals surface area (Å²) in [6.45, 7) is 9.02. The fourth-order valence-electron chi connectivity index (χ4n) is 2.37. The average molecular weight is 460 g/mol. The van der Waals surface area contributed by atoms with E-state index < -0.39 is 0 Å². The van der Waals surface area contributed by atoms with Gasteiger partial charge in [-0.25, -0.2) is 0 Å². The number of guanidine groups is 1. The number of carbonyl (C=O) groups excluding carboxylic acids is 1. The number of halogens is 1. The molecule has 0 atom stereocenters. The fraction of sp³-hybridized carbons (Fsp3) is 0.579. The highest BCUT2D eigenvalue weighted by molar-refractivity contribution is 14.0. The van der Waals surface area contributed by atoms with Gasteiger partial charge in [0.1, 0.15) is 0 Å². The number of nitrogens with one attached hydrogen (secondary N) is 3. The molecule has 0 saturated carbocycles. The topological polar surface area (TPSA) is 65.5 Å². The second-order valence-electron chi connectivity index (χ2n) is 6.25. The Hall–Kier alpha value is -1.31. The van der Waals surface area contributed by atoms with Crippen molar-refractivity contribution in [3.63, 3.8) is 0 Å². The molecule has 0 saturated heterocycles. The Morgan fingerprint density at radius 1 is 1.24 bits per heavy atom. The SMILES string of the molecule is CCNC(=NCCCC(C)C)NCCc1cccc(C(=O)NC)c1.I. The molecule has 0 aliphatic carbocycles. The molecule has 3 N–H and O–H groups in total. The Morgan fingerprint density at radius 2 is 2.00 bits per heavy atom. The summed E-state index contributed by atoms with van der Waals surface area (Å²) in [5.41, 5.74) is 1.84. The van der Waals surface area contributed by atoms with Gasteiger partial charge >= 0.3 is 0 Å². The Balaban J connectivity index is 0.00000576. The molecule has 1 amide bonds. The molecule has 0 bridgehead atoms. The van der Waals surface area contributed by atoms with Gasteiger partial charge in [0, 0.05) is 32.2 Å². The predicted octanol–water partition coefficient (Wildman–Crippen LogP) is 3.20. The van der Waals surface area contributed by atoms with Crippen LogP contribution < -0.4 is 16.0 Å². The van der Waals surface area contributed by atoms with Gasteiger partial charge < -0.3 is 16.0 Å². The van der Waals surface area contributed by atoms with E-state index in [9.17, 15) is 4.79 Å². The van der Waals surface area contributed by atoms with Crippen LogP contribution in [0.5, 0.6) is 0 Å². The van der Waals surface area contributed by atoms with Crippen LogP contribution in [0.4, 0.5) is 0 Å². The highest BCUT2D eigenvalue weighted by Gasteiger charge is 2.04. The van der Waals surface area contributed by atoms with Crippen molar-refractivity contribution < 1.29 is 4.79 Å². The Labute approximate surface area is 169 Å². The van der Waals surface area contributed by atoms with Crippen LogP contribution in [-0.2, 0) is 6.42 Å². The van der Waals surface area contributed by atoms with E-state index in [-0.39, 0.29) is 29.9 Å². The zero-order valence-electron chi connectivity index (χ0n) is 15.9. The summed E-state index contributed by atoms with van der Waals surface area (Å²) in [5, 5.41) is 9.28. The highest BCUT2D eigenvalue weighted by atomic mass is 127. The van der Waals surface area contributed by atoms with Crippen LogP contribution >= 0.6 is 24.0 Å². The third kappa shape index (κ3) is 10.3. The van der Waals surface area contributed by atoms with Gasteiger partial charge in [-0.15, -0.1) is 24.0 Å². The average Bonchev–Trinajstić information content (AvgIpc) is 2.58. The van der Waals surface area contributed by atoms with Gasteiger partial charge in [-0.3, -0.25) is 9.79 Å². The first-order chi connectivity index (χ1) is 11.6. The van der Waals surface area contributed by atoms with Crippen LogP contribution in [0.15, 0.2) is 29.3 Å². The number of rotatable bonds is 9. The third-order valence-corrected chi connectivity index (χ3v) is 3.68. The first kappa shape index (κ1) is 23.7. The molecule has 0 aromatic heterocycles. The first-order valence-corrected chi connectivity index (χ1v) is 8.90. The zero-order chi connectivity index (χ0) is 17.8. The van der Waals surface area contributed by atoms with Gasteiger partial charge in [0.2, 0.25) is 0 Å². The van der Waals surface area contributed by atoms with Gasteiger partial charge in [-0.2, -0.15) is 0 Å². The summed E-state index contributed by atoms with van der Waals surface area (Å²) < 4.78 is 0. The van der Waals surface area contributed by atoms with E-state index in [2.05, 4.69) is 41.7 Å². The van der Waals surface area contributed by atoms with Crippen molar-refractivity contribution in [2.45, 2.75) is 40.0 Å². The molecule has 0 aliphatic rings. The van der Waals surface area contributed by atoms with Crippen molar-refractivity contribution in [2.24, 2.45) is 10.9 Å². The molecule has 0 heterocycles. The quantitative estimate of drug-likeness (QED) is 0.230. The minimum absolute atomic E-state index is 0. The van der Waals surface area contributed by atoms with Crippen molar-refractivity contribution >= 4 is 35.8 Å². The van der Waals surface area contributed by atoms with E-state index in [1.807, 2.05) is 24.3 Å². The maximum Gasteiger partial charge on any atom is 0.251 e. The van der Waals surface area contributed by atoms with Crippen LogP contribution in [0.2, 0.25) is 0 Å². The van der Waals surface area contributed by atoms with E-state index in [1.54, 1.807) is 7.05 Å². The van der Waals surface area contributed by atoms with Gasteiger partial charge in [0.05, 0.1) is 0 Å². The number of aliphatic imine (C=N–C) groups is 1. The molecular weight excluding hydrogens is 427 g/mol. The van der Waals surface area contributed by atoms with Crippen LogP contribution in [0.1, 0.15) is 49.5 Å². The van der Waals surface area contributed by atoms with Crippen LogP contribution in [0, 0.1) is 5.92 Å². The Kier molecular flexibility index (Phi) is 13.2. The lowest BCUT2D eigenvalue weighted by atomic mass is 10.1. The smallest absolute Gasteiger partial charge is 0.251 e. The van der Waals surface area contributed by atoms with E-state index >= 15 is 0 Å².